The lowest BCUT2D eigenvalue weighted by Gasteiger charge is -2.32. The summed E-state index contributed by atoms with van der Waals surface area (Å²) in [5.41, 5.74) is 10.4. The molecule has 0 aliphatic carbocycles. The Balaban J connectivity index is 2.02. The summed E-state index contributed by atoms with van der Waals surface area (Å²) in [5.74, 6) is -1.08. The van der Waals surface area contributed by atoms with E-state index < -0.39 is 11.9 Å². The van der Waals surface area contributed by atoms with Crippen LogP contribution in [0.4, 0.5) is 5.69 Å². The van der Waals surface area contributed by atoms with Gasteiger partial charge in [-0.25, -0.2) is 0 Å². The lowest BCUT2D eigenvalue weighted by molar-refractivity contribution is -0.136. The third-order valence-corrected chi connectivity index (χ3v) is 5.14. The molecule has 3 rings (SSSR count). The summed E-state index contributed by atoms with van der Waals surface area (Å²) in [5, 5.41) is 19.0. The topological polar surface area (TPSA) is 104 Å². The highest BCUT2D eigenvalue weighted by molar-refractivity contribution is 5.93. The number of carboxylic acid groups (broad SMARTS) is 1. The number of aryl methyl sites for hydroxylation is 2. The van der Waals surface area contributed by atoms with Crippen molar-refractivity contribution in [1.82, 2.24) is 0 Å². The number of primary amides is 1. The van der Waals surface area contributed by atoms with Crippen LogP contribution in [0.2, 0.25) is 0 Å². The maximum absolute atomic E-state index is 11.5. The molecule has 1 aliphatic rings. The molecule has 1 atom stereocenters. The van der Waals surface area contributed by atoms with Crippen molar-refractivity contribution in [2.75, 3.05) is 4.90 Å². The first-order chi connectivity index (χ1) is 13.3. The molecule has 6 nitrogen and oxygen atoms in total. The van der Waals surface area contributed by atoms with E-state index in [4.69, 9.17) is 10.8 Å². The van der Waals surface area contributed by atoms with E-state index >= 15 is 0 Å². The minimum atomic E-state index is -0.842. The number of phenolic OH excluding ortho intramolecular Hbond substituents is 1. The van der Waals surface area contributed by atoms with Crippen molar-refractivity contribution in [1.29, 1.82) is 0 Å². The first-order valence-electron chi connectivity index (χ1n) is 9.18. The number of allylic oxidation sites excluding steroid dienone is 1. The molecule has 6 heteroatoms. The molecule has 1 amide bonds. The van der Waals surface area contributed by atoms with Crippen LogP contribution in [0.1, 0.15) is 52.4 Å². The molecule has 0 saturated carbocycles. The Bertz CT molecular complexity index is 965. The summed E-state index contributed by atoms with van der Waals surface area (Å²) in [6, 6.07) is 10.8. The van der Waals surface area contributed by atoms with Crippen LogP contribution < -0.4 is 10.6 Å². The van der Waals surface area contributed by atoms with Gasteiger partial charge in [-0.3, -0.25) is 9.59 Å². The van der Waals surface area contributed by atoms with Gasteiger partial charge in [0, 0.05) is 16.9 Å². The Morgan fingerprint density at radius 1 is 1.14 bits per heavy atom. The van der Waals surface area contributed by atoms with E-state index in [1.165, 1.54) is 0 Å². The number of aromatic hydroxyl groups is 1. The number of carbonyl (C=O) groups excluding carboxylic acids is 1. The number of rotatable bonds is 6. The van der Waals surface area contributed by atoms with Crippen molar-refractivity contribution in [3.05, 3.63) is 70.4 Å². The predicted octanol–water partition coefficient (Wildman–Crippen LogP) is 3.81. The van der Waals surface area contributed by atoms with E-state index in [9.17, 15) is 14.7 Å². The number of carboxylic acids is 1. The molecule has 0 aromatic heterocycles. The highest BCUT2D eigenvalue weighted by Crippen LogP contribution is 2.42. The summed E-state index contributed by atoms with van der Waals surface area (Å²) in [6.45, 7) is 3.76. The fourth-order valence-electron chi connectivity index (χ4n) is 3.68. The second kappa shape index (κ2) is 7.76. The van der Waals surface area contributed by atoms with Gasteiger partial charge in [-0.2, -0.15) is 0 Å². The van der Waals surface area contributed by atoms with Gasteiger partial charge in [-0.05, 0) is 67.6 Å². The molecule has 1 unspecified atom stereocenters. The maximum atomic E-state index is 11.5. The van der Waals surface area contributed by atoms with Crippen LogP contribution in [0.5, 0.6) is 5.75 Å². The number of anilines is 1. The predicted molar refractivity (Wildman–Crippen MR) is 107 cm³/mol. The molecule has 0 saturated heterocycles. The van der Waals surface area contributed by atoms with Crippen molar-refractivity contribution in [2.45, 2.75) is 39.2 Å². The average molecular weight is 380 g/mol. The summed E-state index contributed by atoms with van der Waals surface area (Å²) >= 11 is 0. The molecule has 0 radical (unpaired) electrons. The Kier molecular flexibility index (Phi) is 5.40. The van der Waals surface area contributed by atoms with Crippen LogP contribution >= 0.6 is 0 Å². The number of nitrogens with two attached hydrogens (primary N) is 1. The van der Waals surface area contributed by atoms with E-state index in [1.54, 1.807) is 18.2 Å². The van der Waals surface area contributed by atoms with Gasteiger partial charge >= 0.3 is 5.97 Å². The summed E-state index contributed by atoms with van der Waals surface area (Å²) in [6.07, 6.45) is 3.26. The zero-order valence-corrected chi connectivity index (χ0v) is 16.0. The van der Waals surface area contributed by atoms with Gasteiger partial charge in [0.2, 0.25) is 5.91 Å². The zero-order chi connectivity index (χ0) is 20.4. The Labute approximate surface area is 163 Å². The standard InChI is InChI=1S/C22H24N2O4/c1-13-11-16(22(23)28)3-7-18(13)24-17(6-10-21(26)27)5-8-19(24)15-4-9-20(25)14(2)12-15/h3-5,7,9,11-12,19,25H,6,8,10H2,1-2H3,(H2,23,28)(H,26,27). The van der Waals surface area contributed by atoms with Gasteiger partial charge in [-0.15, -0.1) is 0 Å². The van der Waals surface area contributed by atoms with Crippen LogP contribution in [-0.4, -0.2) is 22.1 Å². The number of aliphatic carboxylic acids is 1. The smallest absolute Gasteiger partial charge is 0.303 e. The Hall–Kier alpha value is -3.28. The van der Waals surface area contributed by atoms with E-state index in [0.717, 1.165) is 34.5 Å². The third kappa shape index (κ3) is 3.86. The van der Waals surface area contributed by atoms with Crippen molar-refractivity contribution < 1.29 is 19.8 Å². The van der Waals surface area contributed by atoms with Crippen LogP contribution in [0.15, 0.2) is 48.2 Å². The van der Waals surface area contributed by atoms with Gasteiger partial charge in [0.1, 0.15) is 5.75 Å². The van der Waals surface area contributed by atoms with E-state index in [2.05, 4.69) is 11.0 Å². The monoisotopic (exact) mass is 380 g/mol. The quantitative estimate of drug-likeness (QED) is 0.707. The summed E-state index contributed by atoms with van der Waals surface area (Å²) in [7, 11) is 0. The third-order valence-electron chi connectivity index (χ3n) is 5.14. The van der Waals surface area contributed by atoms with Crippen LogP contribution in [0.25, 0.3) is 0 Å². The van der Waals surface area contributed by atoms with Crippen molar-refractivity contribution in [3.8, 4) is 5.75 Å². The molecule has 0 bridgehead atoms. The normalized spacial score (nSPS) is 16.1. The van der Waals surface area contributed by atoms with Crippen molar-refractivity contribution in [2.24, 2.45) is 5.73 Å². The number of nitrogens with zero attached hydrogens (tertiary/aromatic N) is 1. The molecule has 0 fully saturated rings. The second-order valence-electron chi connectivity index (χ2n) is 7.12. The molecule has 146 valence electrons. The van der Waals surface area contributed by atoms with Crippen LogP contribution in [0.3, 0.4) is 0 Å². The minimum absolute atomic E-state index is 0.0128. The lowest BCUT2D eigenvalue weighted by atomic mass is 10.00. The fourth-order valence-corrected chi connectivity index (χ4v) is 3.68. The maximum Gasteiger partial charge on any atom is 0.303 e. The molecule has 2 aromatic rings. The second-order valence-corrected chi connectivity index (χ2v) is 7.12. The summed E-state index contributed by atoms with van der Waals surface area (Å²) < 4.78 is 0. The van der Waals surface area contributed by atoms with Crippen molar-refractivity contribution >= 4 is 17.6 Å². The number of phenols is 1. The molecule has 1 heterocycles. The molecular weight excluding hydrogens is 356 g/mol. The molecule has 4 N–H and O–H groups in total. The number of benzene rings is 2. The number of amides is 1. The molecule has 0 spiro atoms. The number of carbonyl (C=O) groups is 2. The van der Waals surface area contributed by atoms with Gasteiger partial charge in [0.05, 0.1) is 12.5 Å². The highest BCUT2D eigenvalue weighted by Gasteiger charge is 2.30. The van der Waals surface area contributed by atoms with E-state index in [0.29, 0.717) is 12.0 Å². The molecule has 2 aromatic carbocycles. The van der Waals surface area contributed by atoms with Gasteiger partial charge in [-0.1, -0.05) is 18.2 Å². The SMILES string of the molecule is Cc1cc(C2CC=C(CCC(=O)O)N2c2ccc(C(N)=O)cc2C)ccc1O. The first-order valence-corrected chi connectivity index (χ1v) is 9.18. The average Bonchev–Trinajstić information content (AvgIpc) is 3.05. The van der Waals surface area contributed by atoms with E-state index in [1.807, 2.05) is 32.0 Å². The molecule has 28 heavy (non-hydrogen) atoms. The molecular formula is C22H24N2O4. The highest BCUT2D eigenvalue weighted by atomic mass is 16.4. The van der Waals surface area contributed by atoms with E-state index in [-0.39, 0.29) is 18.2 Å². The van der Waals surface area contributed by atoms with Gasteiger partial charge < -0.3 is 20.8 Å². The fraction of sp³-hybridized carbons (Fsp3) is 0.273. The number of hydrogen-bond acceptors (Lipinski definition) is 4. The van der Waals surface area contributed by atoms with Crippen molar-refractivity contribution in [3.63, 3.8) is 0 Å². The molecule has 1 aliphatic heterocycles. The first kappa shape index (κ1) is 19.5. The van der Waals surface area contributed by atoms with Gasteiger partial charge in [0.15, 0.2) is 0 Å². The lowest BCUT2D eigenvalue weighted by Crippen LogP contribution is -2.25. The van der Waals surface area contributed by atoms with Gasteiger partial charge in [0.25, 0.3) is 0 Å². The Morgan fingerprint density at radius 3 is 2.50 bits per heavy atom. The van der Waals surface area contributed by atoms with Crippen LogP contribution in [0, 0.1) is 13.8 Å². The largest absolute Gasteiger partial charge is 0.508 e. The summed E-state index contributed by atoms with van der Waals surface area (Å²) in [4.78, 5) is 24.7. The zero-order valence-electron chi connectivity index (χ0n) is 16.0. The Morgan fingerprint density at radius 2 is 1.89 bits per heavy atom. The number of hydrogen-bond donors (Lipinski definition) is 3. The van der Waals surface area contributed by atoms with Crippen LogP contribution in [-0.2, 0) is 4.79 Å². The minimum Gasteiger partial charge on any atom is -0.508 e.